The van der Waals surface area contributed by atoms with Gasteiger partial charge in [0.25, 0.3) is 0 Å². The smallest absolute Gasteiger partial charge is 0.237 e. The second kappa shape index (κ2) is 6.17. The van der Waals surface area contributed by atoms with Crippen molar-refractivity contribution in [3.05, 3.63) is 34.9 Å². The largest absolute Gasteiger partial charge is 0.351 e. The third-order valence-corrected chi connectivity index (χ3v) is 3.64. The average Bonchev–Trinajstić information content (AvgIpc) is 2.43. The van der Waals surface area contributed by atoms with Gasteiger partial charge in [-0.05, 0) is 35.6 Å². The summed E-state index contributed by atoms with van der Waals surface area (Å²) in [6.07, 6.45) is 1.06. The van der Waals surface area contributed by atoms with E-state index in [0.29, 0.717) is 6.54 Å². The summed E-state index contributed by atoms with van der Waals surface area (Å²) >= 11 is 0. The molecule has 4 heteroatoms. The van der Waals surface area contributed by atoms with Crippen LogP contribution in [0.5, 0.6) is 0 Å². The molecule has 1 aromatic rings. The van der Waals surface area contributed by atoms with E-state index >= 15 is 0 Å². The van der Waals surface area contributed by atoms with Crippen molar-refractivity contribution >= 4 is 5.91 Å². The van der Waals surface area contributed by atoms with Gasteiger partial charge in [0.2, 0.25) is 5.91 Å². The molecular formula is C15H23N3O. The maximum atomic E-state index is 11.8. The van der Waals surface area contributed by atoms with Crippen LogP contribution in [0.2, 0.25) is 0 Å². The summed E-state index contributed by atoms with van der Waals surface area (Å²) in [6.45, 7) is 6.44. The lowest BCUT2D eigenvalue weighted by Gasteiger charge is -2.19. The highest BCUT2D eigenvalue weighted by atomic mass is 16.2. The molecule has 1 amide bonds. The Morgan fingerprint density at radius 2 is 2.21 bits per heavy atom. The molecule has 1 aromatic carbocycles. The van der Waals surface area contributed by atoms with Crippen molar-refractivity contribution in [2.45, 2.75) is 39.4 Å². The van der Waals surface area contributed by atoms with E-state index in [4.69, 9.17) is 5.73 Å². The predicted octanol–water partition coefficient (Wildman–Crippen LogP) is 0.932. The van der Waals surface area contributed by atoms with E-state index < -0.39 is 6.04 Å². The van der Waals surface area contributed by atoms with Crippen molar-refractivity contribution in [1.82, 2.24) is 10.6 Å². The minimum Gasteiger partial charge on any atom is -0.351 e. The summed E-state index contributed by atoms with van der Waals surface area (Å²) in [7, 11) is 0. The molecule has 1 aliphatic rings. The number of amides is 1. The first-order chi connectivity index (χ1) is 9.08. The molecule has 0 aromatic heterocycles. The molecule has 0 spiro atoms. The van der Waals surface area contributed by atoms with E-state index in [-0.39, 0.29) is 11.8 Å². The number of hydrogen-bond acceptors (Lipinski definition) is 3. The van der Waals surface area contributed by atoms with E-state index in [0.717, 1.165) is 25.1 Å². The normalized spacial score (nSPS) is 16.0. The lowest BCUT2D eigenvalue weighted by atomic mass is 9.98. The van der Waals surface area contributed by atoms with E-state index in [1.165, 1.54) is 11.1 Å². The van der Waals surface area contributed by atoms with Crippen molar-refractivity contribution < 1.29 is 4.79 Å². The zero-order valence-electron chi connectivity index (χ0n) is 11.7. The number of fused-ring (bicyclic) bond motifs is 1. The van der Waals surface area contributed by atoms with Crippen LogP contribution >= 0.6 is 0 Å². The van der Waals surface area contributed by atoms with Crippen LogP contribution in [0.25, 0.3) is 0 Å². The lowest BCUT2D eigenvalue weighted by Crippen LogP contribution is -2.43. The number of benzene rings is 1. The molecule has 1 atom stereocenters. The van der Waals surface area contributed by atoms with Gasteiger partial charge in [-0.15, -0.1) is 0 Å². The maximum absolute atomic E-state index is 11.8. The van der Waals surface area contributed by atoms with Gasteiger partial charge in [-0.3, -0.25) is 4.79 Å². The van der Waals surface area contributed by atoms with Crippen LogP contribution < -0.4 is 16.4 Å². The summed E-state index contributed by atoms with van der Waals surface area (Å²) in [4.78, 5) is 11.8. The predicted molar refractivity (Wildman–Crippen MR) is 76.5 cm³/mol. The standard InChI is InChI=1S/C15H23N3O/c1-10(2)14(16)15(19)18-8-11-3-4-13-9-17-6-5-12(13)7-11/h3-4,7,10,14,17H,5-6,8-9,16H2,1-2H3,(H,18,19)/t14-/m1/s1. The lowest BCUT2D eigenvalue weighted by molar-refractivity contribution is -0.123. The topological polar surface area (TPSA) is 67.2 Å². The first kappa shape index (κ1) is 14.0. The Kier molecular flexibility index (Phi) is 4.56. The van der Waals surface area contributed by atoms with Gasteiger partial charge in [0.05, 0.1) is 6.04 Å². The molecule has 4 nitrogen and oxygen atoms in total. The molecule has 1 heterocycles. The fourth-order valence-corrected chi connectivity index (χ4v) is 2.25. The van der Waals surface area contributed by atoms with Crippen molar-refractivity contribution in [3.8, 4) is 0 Å². The molecule has 0 fully saturated rings. The summed E-state index contributed by atoms with van der Waals surface area (Å²) in [5.74, 6) is 0.0870. The first-order valence-corrected chi connectivity index (χ1v) is 6.92. The van der Waals surface area contributed by atoms with Gasteiger partial charge >= 0.3 is 0 Å². The summed E-state index contributed by atoms with van der Waals surface area (Å²) in [5.41, 5.74) is 9.71. The second-order valence-corrected chi connectivity index (χ2v) is 5.52. The zero-order valence-corrected chi connectivity index (χ0v) is 11.7. The molecule has 0 unspecified atom stereocenters. The van der Waals surface area contributed by atoms with E-state index in [1.807, 2.05) is 13.8 Å². The summed E-state index contributed by atoms with van der Waals surface area (Å²) in [6, 6.07) is 5.98. The van der Waals surface area contributed by atoms with Gasteiger partial charge in [-0.25, -0.2) is 0 Å². The Bertz CT molecular complexity index is 457. The first-order valence-electron chi connectivity index (χ1n) is 6.92. The van der Waals surface area contributed by atoms with E-state index in [9.17, 15) is 4.79 Å². The average molecular weight is 261 g/mol. The molecule has 1 aliphatic heterocycles. The van der Waals surface area contributed by atoms with Gasteiger partial charge in [0, 0.05) is 13.1 Å². The third-order valence-electron chi connectivity index (χ3n) is 3.64. The highest BCUT2D eigenvalue weighted by Crippen LogP contribution is 2.15. The van der Waals surface area contributed by atoms with Gasteiger partial charge in [-0.1, -0.05) is 32.0 Å². The van der Waals surface area contributed by atoms with Crippen molar-refractivity contribution in [2.24, 2.45) is 11.7 Å². The number of rotatable bonds is 4. The van der Waals surface area contributed by atoms with Crippen molar-refractivity contribution in [3.63, 3.8) is 0 Å². The Morgan fingerprint density at radius 3 is 2.95 bits per heavy atom. The summed E-state index contributed by atoms with van der Waals surface area (Å²) in [5, 5.41) is 6.26. The highest BCUT2D eigenvalue weighted by molar-refractivity contribution is 5.81. The SMILES string of the molecule is CC(C)[C@@H](N)C(=O)NCc1ccc2c(c1)CCNC2. The minimum absolute atomic E-state index is 0.0746. The van der Waals surface area contributed by atoms with Crippen molar-refractivity contribution in [2.75, 3.05) is 6.54 Å². The molecule has 104 valence electrons. The van der Waals surface area contributed by atoms with Gasteiger partial charge < -0.3 is 16.4 Å². The number of nitrogens with one attached hydrogen (secondary N) is 2. The van der Waals surface area contributed by atoms with Gasteiger partial charge in [-0.2, -0.15) is 0 Å². The zero-order chi connectivity index (χ0) is 13.8. The highest BCUT2D eigenvalue weighted by Gasteiger charge is 2.16. The van der Waals surface area contributed by atoms with Crippen LogP contribution in [-0.4, -0.2) is 18.5 Å². The molecule has 19 heavy (non-hydrogen) atoms. The van der Waals surface area contributed by atoms with E-state index in [1.54, 1.807) is 0 Å². The Hall–Kier alpha value is -1.39. The maximum Gasteiger partial charge on any atom is 0.237 e. The van der Waals surface area contributed by atoms with Crippen LogP contribution in [0, 0.1) is 5.92 Å². The molecule has 0 aliphatic carbocycles. The molecule has 4 N–H and O–H groups in total. The molecule has 0 saturated heterocycles. The monoisotopic (exact) mass is 261 g/mol. The third kappa shape index (κ3) is 3.55. The number of carbonyl (C=O) groups excluding carboxylic acids is 1. The minimum atomic E-state index is -0.429. The van der Waals surface area contributed by atoms with Crippen molar-refractivity contribution in [1.29, 1.82) is 0 Å². The number of hydrogen-bond donors (Lipinski definition) is 3. The second-order valence-electron chi connectivity index (χ2n) is 5.52. The summed E-state index contributed by atoms with van der Waals surface area (Å²) < 4.78 is 0. The Balaban J connectivity index is 1.95. The Labute approximate surface area is 114 Å². The van der Waals surface area contributed by atoms with Crippen LogP contribution in [-0.2, 0) is 24.3 Å². The van der Waals surface area contributed by atoms with Crippen LogP contribution in [0.3, 0.4) is 0 Å². The molecule has 0 bridgehead atoms. The molecule has 2 rings (SSSR count). The van der Waals surface area contributed by atoms with Crippen LogP contribution in [0.1, 0.15) is 30.5 Å². The molecule has 0 saturated carbocycles. The van der Waals surface area contributed by atoms with Gasteiger partial charge in [0.1, 0.15) is 0 Å². The van der Waals surface area contributed by atoms with Gasteiger partial charge in [0.15, 0.2) is 0 Å². The number of nitrogens with two attached hydrogens (primary N) is 1. The van der Waals surface area contributed by atoms with E-state index in [2.05, 4.69) is 28.8 Å². The van der Waals surface area contributed by atoms with Crippen LogP contribution in [0.15, 0.2) is 18.2 Å². The molecular weight excluding hydrogens is 238 g/mol. The quantitative estimate of drug-likeness (QED) is 0.755. The fraction of sp³-hybridized carbons (Fsp3) is 0.533. The molecule has 0 radical (unpaired) electrons. The van der Waals surface area contributed by atoms with Crippen LogP contribution in [0.4, 0.5) is 0 Å². The Morgan fingerprint density at radius 1 is 1.42 bits per heavy atom. The fourth-order valence-electron chi connectivity index (χ4n) is 2.25. The number of carbonyl (C=O) groups is 1.